The molecule has 0 rings (SSSR count). The Bertz CT molecular complexity index is 80.0. The molecule has 0 N–H and O–H groups in total. The summed E-state index contributed by atoms with van der Waals surface area (Å²) in [6.45, 7) is 8.10. The van der Waals surface area contributed by atoms with Gasteiger partial charge in [0.1, 0.15) is 10.5 Å². The van der Waals surface area contributed by atoms with Crippen LogP contribution in [0, 0.1) is 0 Å². The number of hydrogen-bond donors (Lipinski definition) is 0. The van der Waals surface area contributed by atoms with E-state index in [1.54, 1.807) is 0 Å². The normalized spacial score (nSPS) is 14.4. The first-order chi connectivity index (χ1) is 4.74. The van der Waals surface area contributed by atoms with Crippen molar-refractivity contribution in [3.05, 3.63) is 0 Å². The van der Waals surface area contributed by atoms with Gasteiger partial charge in [-0.2, -0.15) is 5.06 Å². The zero-order valence-corrected chi connectivity index (χ0v) is 10.4. The molecule has 0 aromatic rings. The first-order valence-electron chi connectivity index (χ1n) is 3.69. The van der Waals surface area contributed by atoms with Crippen molar-refractivity contribution in [2.45, 2.75) is 20.4 Å². The van der Waals surface area contributed by atoms with Gasteiger partial charge in [0, 0.05) is 13.1 Å². The average molecular weight is 179 g/mol. The Labute approximate surface area is 67.7 Å². The summed E-state index contributed by atoms with van der Waals surface area (Å²) in [4.78, 5) is 0. The largest absolute Gasteiger partial charge is 0.446 e. The molecule has 0 aliphatic carbocycles. The zero-order chi connectivity index (χ0) is 7.98. The lowest BCUT2D eigenvalue weighted by Gasteiger charge is -2.21. The second kappa shape index (κ2) is 6.05. The third-order valence-corrected chi connectivity index (χ3v) is 4.59. The molecule has 10 heavy (non-hydrogen) atoms. The van der Waals surface area contributed by atoms with Gasteiger partial charge in [0.2, 0.25) is 0 Å². The molecule has 0 radical (unpaired) electrons. The molecule has 0 amide bonds. The van der Waals surface area contributed by atoms with Crippen LogP contribution in [0.3, 0.4) is 0 Å². The summed E-state index contributed by atoms with van der Waals surface area (Å²) >= 11 is 0. The van der Waals surface area contributed by atoms with Crippen LogP contribution in [0.4, 0.5) is 0 Å². The van der Waals surface area contributed by atoms with Gasteiger partial charge in [-0.3, -0.25) is 0 Å². The molecular weight excluding hydrogens is 162 g/mol. The predicted octanol–water partition coefficient (Wildman–Crippen LogP) is -0.593. The predicted molar refractivity (Wildman–Crippen MR) is 48.0 cm³/mol. The molecule has 0 aromatic heterocycles. The fourth-order valence-electron chi connectivity index (χ4n) is 0.626. The summed E-state index contributed by atoms with van der Waals surface area (Å²) in [5.41, 5.74) is 0. The van der Waals surface area contributed by atoms with Crippen LogP contribution in [0.15, 0.2) is 0 Å². The van der Waals surface area contributed by atoms with Gasteiger partial charge in [0.15, 0.2) is 0 Å². The quantitative estimate of drug-likeness (QED) is 0.416. The molecule has 1 atom stereocenters. The maximum Gasteiger partial charge on any atom is 0.328 e. The Hall–Kier alpha value is 0.314. The molecule has 0 aliphatic heterocycles. The number of nitrogens with zero attached hydrogens (tertiary/aromatic N) is 1. The minimum absolute atomic E-state index is 0.793. The summed E-state index contributed by atoms with van der Waals surface area (Å²) in [5, 5.41) is 1.94. The second-order valence-electron chi connectivity index (χ2n) is 2.02. The van der Waals surface area contributed by atoms with Gasteiger partial charge in [-0.1, -0.05) is 13.8 Å². The Morgan fingerprint density at radius 2 is 1.90 bits per heavy atom. The molecule has 0 saturated carbocycles. The van der Waals surface area contributed by atoms with Crippen molar-refractivity contribution < 1.29 is 8.64 Å². The van der Waals surface area contributed by atoms with Crippen LogP contribution in [-0.4, -0.2) is 37.9 Å². The molecule has 5 heteroatoms. The number of rotatable bonds is 5. The van der Waals surface area contributed by atoms with Crippen molar-refractivity contribution in [3.63, 3.8) is 0 Å². The maximum absolute atomic E-state index is 5.48. The highest BCUT2D eigenvalue weighted by atomic mass is 28.3. The SMILES string of the molecule is CCN(CC)O[SiH](C)O[SiH3]. The lowest BCUT2D eigenvalue weighted by atomic mass is 10.6. The molecule has 0 aromatic carbocycles. The van der Waals surface area contributed by atoms with E-state index in [0.717, 1.165) is 23.6 Å². The Morgan fingerprint density at radius 1 is 1.40 bits per heavy atom. The zero-order valence-electron chi connectivity index (χ0n) is 7.26. The van der Waals surface area contributed by atoms with E-state index in [1.807, 2.05) is 11.6 Å². The highest BCUT2D eigenvalue weighted by Gasteiger charge is 2.06. The Kier molecular flexibility index (Phi) is 6.24. The van der Waals surface area contributed by atoms with Gasteiger partial charge >= 0.3 is 9.28 Å². The van der Waals surface area contributed by atoms with E-state index in [1.165, 1.54) is 0 Å². The number of hydrogen-bond acceptors (Lipinski definition) is 3. The van der Waals surface area contributed by atoms with E-state index in [-0.39, 0.29) is 0 Å². The first-order valence-corrected chi connectivity index (χ1v) is 6.60. The molecule has 0 saturated heterocycles. The van der Waals surface area contributed by atoms with Gasteiger partial charge in [0.25, 0.3) is 0 Å². The first kappa shape index (κ1) is 10.3. The van der Waals surface area contributed by atoms with Crippen molar-refractivity contribution in [1.82, 2.24) is 5.06 Å². The highest BCUT2D eigenvalue weighted by molar-refractivity contribution is 6.47. The third-order valence-electron chi connectivity index (χ3n) is 1.33. The van der Waals surface area contributed by atoms with E-state index >= 15 is 0 Å². The molecule has 3 nitrogen and oxygen atoms in total. The summed E-state index contributed by atoms with van der Waals surface area (Å²) in [6, 6.07) is 0. The van der Waals surface area contributed by atoms with E-state index < -0.39 is 9.28 Å². The summed E-state index contributed by atoms with van der Waals surface area (Å²) < 4.78 is 10.7. The number of hydroxylamine groups is 2. The van der Waals surface area contributed by atoms with Crippen LogP contribution >= 0.6 is 0 Å². The molecule has 0 spiro atoms. The van der Waals surface area contributed by atoms with Crippen LogP contribution in [0.1, 0.15) is 13.8 Å². The Morgan fingerprint density at radius 3 is 2.20 bits per heavy atom. The molecule has 0 heterocycles. The van der Waals surface area contributed by atoms with Gasteiger partial charge in [-0.25, -0.2) is 0 Å². The van der Waals surface area contributed by atoms with Gasteiger partial charge in [-0.05, 0) is 6.55 Å². The summed E-state index contributed by atoms with van der Waals surface area (Å²) in [5.74, 6) is 0. The van der Waals surface area contributed by atoms with E-state index in [9.17, 15) is 0 Å². The van der Waals surface area contributed by atoms with Crippen molar-refractivity contribution in [2.75, 3.05) is 13.1 Å². The monoisotopic (exact) mass is 179 g/mol. The van der Waals surface area contributed by atoms with Crippen molar-refractivity contribution in [3.8, 4) is 0 Å². The fraction of sp³-hybridized carbons (Fsp3) is 1.00. The van der Waals surface area contributed by atoms with Crippen LogP contribution in [0.25, 0.3) is 0 Å². The summed E-state index contributed by atoms with van der Waals surface area (Å²) in [7, 11) is -0.493. The minimum Gasteiger partial charge on any atom is -0.446 e. The van der Waals surface area contributed by atoms with E-state index in [4.69, 9.17) is 8.64 Å². The lowest BCUT2D eigenvalue weighted by molar-refractivity contribution is -0.0645. The van der Waals surface area contributed by atoms with Gasteiger partial charge < -0.3 is 8.64 Å². The molecular formula is C5H17NO2Si2. The van der Waals surface area contributed by atoms with Crippen molar-refractivity contribution >= 4 is 19.8 Å². The molecule has 1 unspecified atom stereocenters. The Balaban J connectivity index is 3.41. The fourth-order valence-corrected chi connectivity index (χ4v) is 1.69. The standard InChI is InChI=1S/C5H17NO2Si2/c1-4-6(5-2)7-10(3)8-9/h10H,4-5H2,1-3,9H3. The van der Waals surface area contributed by atoms with E-state index in [2.05, 4.69) is 13.8 Å². The van der Waals surface area contributed by atoms with Crippen LogP contribution in [-0.2, 0) is 8.64 Å². The van der Waals surface area contributed by atoms with Gasteiger partial charge in [-0.15, -0.1) is 0 Å². The minimum atomic E-state index is -1.29. The van der Waals surface area contributed by atoms with Crippen LogP contribution < -0.4 is 0 Å². The second-order valence-corrected chi connectivity index (χ2v) is 5.25. The van der Waals surface area contributed by atoms with Crippen molar-refractivity contribution in [1.29, 1.82) is 0 Å². The smallest absolute Gasteiger partial charge is 0.328 e. The highest BCUT2D eigenvalue weighted by Crippen LogP contribution is 1.92. The van der Waals surface area contributed by atoms with Crippen LogP contribution in [0.5, 0.6) is 0 Å². The third kappa shape index (κ3) is 4.18. The maximum atomic E-state index is 5.48. The van der Waals surface area contributed by atoms with Gasteiger partial charge in [0.05, 0.1) is 0 Å². The van der Waals surface area contributed by atoms with Crippen LogP contribution in [0.2, 0.25) is 6.55 Å². The topological polar surface area (TPSA) is 21.7 Å². The lowest BCUT2D eigenvalue weighted by Crippen LogP contribution is -2.32. The van der Waals surface area contributed by atoms with Crippen molar-refractivity contribution in [2.24, 2.45) is 0 Å². The van der Waals surface area contributed by atoms with E-state index in [0.29, 0.717) is 0 Å². The molecule has 0 bridgehead atoms. The molecule has 0 fully saturated rings. The molecule has 62 valence electrons. The summed E-state index contributed by atoms with van der Waals surface area (Å²) in [6.07, 6.45) is 0. The molecule has 0 aliphatic rings. The average Bonchev–Trinajstić information content (AvgIpc) is 1.99.